The fraction of sp³-hybridized carbons (Fsp3) is 0.0294. The molecule has 2 atom stereocenters. The molecule has 16 rings (SSSR count). The van der Waals surface area contributed by atoms with Gasteiger partial charge in [0.05, 0.1) is 34.6 Å². The number of aromatic nitrogens is 2. The van der Waals surface area contributed by atoms with Gasteiger partial charge in [-0.2, -0.15) is 0 Å². The van der Waals surface area contributed by atoms with E-state index in [1.165, 1.54) is 87.2 Å². The zero-order valence-electron chi connectivity index (χ0n) is 43.6. The average molecular weight is 924 g/mol. The van der Waals surface area contributed by atoms with Gasteiger partial charge in [0.2, 0.25) is 0 Å². The predicted molar refractivity (Wildman–Crippen MR) is 299 cm³/mol. The summed E-state index contributed by atoms with van der Waals surface area (Å²) in [5.41, 5.74) is 15.7. The second-order valence-electron chi connectivity index (χ2n) is 19.1. The Bertz CT molecular complexity index is 4420. The second kappa shape index (κ2) is 15.6. The normalized spacial score (nSPS) is 15.7. The van der Waals surface area contributed by atoms with Gasteiger partial charge >= 0.3 is 0 Å². The molecule has 332 valence electrons. The third-order valence-corrected chi connectivity index (χ3v) is 20.6. The van der Waals surface area contributed by atoms with Gasteiger partial charge in [-0.05, 0) is 108 Å². The molecule has 2 heterocycles. The highest BCUT2D eigenvalue weighted by Crippen LogP contribution is 2.57. The molecule has 2 aromatic heterocycles. The SMILES string of the molecule is [2H]c1c([2H])c([2H])c(-c2ccc([Si](c3ccccc3)(c3ccccc3)c3cccc4c3C3c5ccccc5C4c4cccc(-n5c6ccccc6c6cc(-n7c8ccccc8c8ccccc87)ccc65)c43)cc2)c([2H])c1[2H]. The molecule has 0 radical (unpaired) electrons. The summed E-state index contributed by atoms with van der Waals surface area (Å²) in [6.45, 7) is 0. The number of hydrogen-bond acceptors (Lipinski definition) is 0. The molecule has 71 heavy (non-hydrogen) atoms. The standard InChI is InChI=1S/C68H46N2Si/c1-4-20-45(21-5-1)46-38-41-50(42-39-46)71(48-22-6-2-7-23-48,49-24-8-3-9-25-49)64-37-19-32-57-65-54-29-10-11-30-55(54)68(67(57)64)66-56(65)31-18-36-63(66)70-61-35-17-14-28-53(61)58-44-47(40-43-62(58)70)69-59-33-15-12-26-51(59)52-27-13-16-34-60(52)69/h1-44,65,68H/i1D,4D,5D,20D,21D. The Labute approximate surface area is 421 Å². The van der Waals surface area contributed by atoms with Gasteiger partial charge in [-0.15, -0.1) is 0 Å². The third-order valence-electron chi connectivity index (χ3n) is 15.7. The van der Waals surface area contributed by atoms with Gasteiger partial charge in [0.1, 0.15) is 0 Å². The zero-order valence-corrected chi connectivity index (χ0v) is 39.6. The summed E-state index contributed by atoms with van der Waals surface area (Å²) >= 11 is 0. The topological polar surface area (TPSA) is 9.86 Å². The Hall–Kier alpha value is -8.76. The van der Waals surface area contributed by atoms with Crippen molar-refractivity contribution in [2.75, 3.05) is 0 Å². The molecule has 3 aliphatic rings. The smallest absolute Gasteiger partial charge is 0.179 e. The van der Waals surface area contributed by atoms with E-state index in [1.54, 1.807) is 0 Å². The van der Waals surface area contributed by atoms with Gasteiger partial charge in [-0.1, -0.05) is 224 Å². The highest BCUT2D eigenvalue weighted by Gasteiger charge is 2.50. The number of fused-ring (bicyclic) bond motifs is 6. The van der Waals surface area contributed by atoms with Crippen LogP contribution in [0.2, 0.25) is 0 Å². The molecule has 11 aromatic carbocycles. The van der Waals surface area contributed by atoms with E-state index in [-0.39, 0.29) is 41.6 Å². The minimum atomic E-state index is -3.29. The Kier molecular flexibility index (Phi) is 7.78. The largest absolute Gasteiger partial charge is 0.309 e. The maximum atomic E-state index is 8.91. The number of para-hydroxylation sites is 3. The van der Waals surface area contributed by atoms with Crippen LogP contribution in [0.1, 0.15) is 52.1 Å². The first-order valence-electron chi connectivity index (χ1n) is 27.0. The molecule has 13 aromatic rings. The van der Waals surface area contributed by atoms with Crippen LogP contribution in [0, 0.1) is 0 Å². The molecule has 3 aliphatic carbocycles. The van der Waals surface area contributed by atoms with E-state index in [9.17, 15) is 0 Å². The van der Waals surface area contributed by atoms with Crippen molar-refractivity contribution in [1.29, 1.82) is 0 Å². The molecule has 0 fully saturated rings. The molecular formula is C68H46N2Si. The van der Waals surface area contributed by atoms with Crippen molar-refractivity contribution in [3.8, 4) is 22.5 Å². The van der Waals surface area contributed by atoms with Crippen molar-refractivity contribution in [3.63, 3.8) is 0 Å². The molecule has 2 bridgehead atoms. The summed E-state index contributed by atoms with van der Waals surface area (Å²) in [7, 11) is -3.29. The van der Waals surface area contributed by atoms with Crippen molar-refractivity contribution in [2.45, 2.75) is 11.8 Å². The minimum Gasteiger partial charge on any atom is -0.309 e. The van der Waals surface area contributed by atoms with Crippen molar-refractivity contribution in [2.24, 2.45) is 0 Å². The summed E-state index contributed by atoms with van der Waals surface area (Å²) in [6, 6.07) is 85.2. The predicted octanol–water partition coefficient (Wildman–Crippen LogP) is 13.9. The van der Waals surface area contributed by atoms with Gasteiger partial charge in [0.15, 0.2) is 8.07 Å². The molecular weight excluding hydrogens is 873 g/mol. The van der Waals surface area contributed by atoms with E-state index in [0.29, 0.717) is 5.56 Å². The molecule has 3 heteroatoms. The zero-order chi connectivity index (χ0) is 51.0. The van der Waals surface area contributed by atoms with Crippen molar-refractivity contribution >= 4 is 72.4 Å². The van der Waals surface area contributed by atoms with Crippen LogP contribution in [-0.2, 0) is 0 Å². The lowest BCUT2D eigenvalue weighted by Crippen LogP contribution is -2.75. The van der Waals surface area contributed by atoms with Crippen LogP contribution in [0.5, 0.6) is 0 Å². The van der Waals surface area contributed by atoms with Gasteiger partial charge in [-0.25, -0.2) is 0 Å². The van der Waals surface area contributed by atoms with E-state index < -0.39 is 14.1 Å². The minimum absolute atomic E-state index is 0.0224. The highest BCUT2D eigenvalue weighted by atomic mass is 28.3. The van der Waals surface area contributed by atoms with Gasteiger partial charge in [0.25, 0.3) is 0 Å². The number of rotatable bonds is 7. The van der Waals surface area contributed by atoms with Crippen LogP contribution in [0.3, 0.4) is 0 Å². The molecule has 0 spiro atoms. The maximum Gasteiger partial charge on any atom is 0.179 e. The molecule has 0 aliphatic heterocycles. The van der Waals surface area contributed by atoms with E-state index in [0.717, 1.165) is 21.9 Å². The van der Waals surface area contributed by atoms with Crippen LogP contribution in [-0.4, -0.2) is 17.2 Å². The summed E-state index contributed by atoms with van der Waals surface area (Å²) in [4.78, 5) is 0. The van der Waals surface area contributed by atoms with E-state index >= 15 is 0 Å². The lowest BCUT2D eigenvalue weighted by Gasteiger charge is -2.47. The van der Waals surface area contributed by atoms with E-state index in [2.05, 4.69) is 234 Å². The molecule has 2 unspecified atom stereocenters. The summed E-state index contributed by atoms with van der Waals surface area (Å²) < 4.78 is 48.1. The number of benzene rings is 11. The first kappa shape index (κ1) is 35.4. The number of nitrogens with zero attached hydrogens (tertiary/aromatic N) is 2. The van der Waals surface area contributed by atoms with E-state index in [1.807, 2.05) is 12.1 Å². The Balaban J connectivity index is 0.991. The molecule has 0 saturated heterocycles. The lowest BCUT2D eigenvalue weighted by molar-refractivity contribution is 0.752. The maximum absolute atomic E-state index is 8.91. The number of hydrogen-bond donors (Lipinski definition) is 0. The Morgan fingerprint density at radius 3 is 1.48 bits per heavy atom. The van der Waals surface area contributed by atoms with Gasteiger partial charge < -0.3 is 9.13 Å². The highest BCUT2D eigenvalue weighted by molar-refractivity contribution is 7.20. The molecule has 0 N–H and O–H groups in total. The summed E-state index contributed by atoms with van der Waals surface area (Å²) in [5.74, 6) is -0.151. The van der Waals surface area contributed by atoms with Gasteiger partial charge in [-0.3, -0.25) is 0 Å². The van der Waals surface area contributed by atoms with E-state index in [4.69, 9.17) is 6.85 Å². The van der Waals surface area contributed by atoms with Crippen molar-refractivity contribution < 1.29 is 6.85 Å². The second-order valence-corrected chi connectivity index (χ2v) is 22.8. The summed E-state index contributed by atoms with van der Waals surface area (Å²) in [6.07, 6.45) is 0. The van der Waals surface area contributed by atoms with Crippen molar-refractivity contribution in [3.05, 3.63) is 300 Å². The Morgan fingerprint density at radius 1 is 0.338 bits per heavy atom. The third kappa shape index (κ3) is 5.70. The molecule has 0 saturated carbocycles. The van der Waals surface area contributed by atoms with Crippen molar-refractivity contribution in [1.82, 2.24) is 9.13 Å². The van der Waals surface area contributed by atoms with Crippen LogP contribution >= 0.6 is 0 Å². The Morgan fingerprint density at radius 2 is 0.831 bits per heavy atom. The van der Waals surface area contributed by atoms with Crippen LogP contribution in [0.15, 0.2) is 267 Å². The summed E-state index contributed by atoms with van der Waals surface area (Å²) in [5, 5.41) is 9.78. The molecule has 2 nitrogen and oxygen atoms in total. The average Bonchev–Trinajstić information content (AvgIpc) is 4.02. The first-order valence-corrected chi connectivity index (χ1v) is 26.5. The van der Waals surface area contributed by atoms with Crippen LogP contribution < -0.4 is 20.7 Å². The van der Waals surface area contributed by atoms with Crippen LogP contribution in [0.4, 0.5) is 0 Å². The van der Waals surface area contributed by atoms with Crippen LogP contribution in [0.25, 0.3) is 66.1 Å². The quantitative estimate of drug-likeness (QED) is 0.111. The lowest BCUT2D eigenvalue weighted by atomic mass is 9.60. The fourth-order valence-corrected chi connectivity index (χ4v) is 18.0. The monoisotopic (exact) mass is 923 g/mol. The van der Waals surface area contributed by atoms with Gasteiger partial charge in [0, 0.05) is 39.1 Å². The first-order chi connectivity index (χ1) is 37.3. The fourth-order valence-electron chi connectivity index (χ4n) is 13.0. The molecule has 0 amide bonds.